The minimum Gasteiger partial charge on any atom is -0.309 e. The van der Waals surface area contributed by atoms with Gasteiger partial charge in [-0.15, -0.1) is 0 Å². The number of benzene rings is 8. The van der Waals surface area contributed by atoms with E-state index in [1.165, 1.54) is 111 Å². The summed E-state index contributed by atoms with van der Waals surface area (Å²) in [5.41, 5.74) is 19.8. The van der Waals surface area contributed by atoms with E-state index in [9.17, 15) is 0 Å². The van der Waals surface area contributed by atoms with Crippen molar-refractivity contribution in [3.63, 3.8) is 0 Å². The quantitative estimate of drug-likeness (QED) is 0.152. The molecule has 0 bridgehead atoms. The van der Waals surface area contributed by atoms with E-state index in [0.29, 0.717) is 0 Å². The molecule has 0 aliphatic heterocycles. The SMILES string of the molecule is Cc1cc(-n2c3ccccc3c3ccccc32)c(C)cc1-c1ccc(C=Cc2ccc(-c3cc(C)c(-n4c5ccccc5c5ccccc54)cc3C)cc2)cc1. The van der Waals surface area contributed by atoms with Crippen molar-refractivity contribution in [1.29, 1.82) is 0 Å². The Kier molecular flexibility index (Phi) is 8.08. The summed E-state index contributed by atoms with van der Waals surface area (Å²) in [4.78, 5) is 0. The Balaban J connectivity index is 0.891. The Bertz CT molecular complexity index is 2830. The fourth-order valence-electron chi connectivity index (χ4n) is 8.81. The molecule has 0 saturated heterocycles. The zero-order chi connectivity index (χ0) is 37.9. The van der Waals surface area contributed by atoms with Crippen molar-refractivity contribution in [3.8, 4) is 33.6 Å². The Labute approximate surface area is 328 Å². The maximum Gasteiger partial charge on any atom is 0.0541 e. The lowest BCUT2D eigenvalue weighted by Gasteiger charge is -2.16. The predicted octanol–water partition coefficient (Wildman–Crippen LogP) is 14.6. The minimum atomic E-state index is 1.18. The lowest BCUT2D eigenvalue weighted by molar-refractivity contribution is 1.14. The number of nitrogens with zero attached hydrogens (tertiary/aromatic N) is 2. The van der Waals surface area contributed by atoms with Crippen LogP contribution in [0.5, 0.6) is 0 Å². The number of fused-ring (bicyclic) bond motifs is 6. The van der Waals surface area contributed by atoms with Crippen LogP contribution in [-0.2, 0) is 0 Å². The summed E-state index contributed by atoms with van der Waals surface area (Å²) in [6.45, 7) is 8.92. The summed E-state index contributed by atoms with van der Waals surface area (Å²) in [7, 11) is 0. The molecule has 0 unspecified atom stereocenters. The van der Waals surface area contributed by atoms with Crippen molar-refractivity contribution in [1.82, 2.24) is 9.13 Å². The summed E-state index contributed by atoms with van der Waals surface area (Å²) < 4.78 is 4.84. The Hall–Kier alpha value is -6.90. The molecule has 0 atom stereocenters. The van der Waals surface area contributed by atoms with E-state index in [0.717, 1.165) is 0 Å². The van der Waals surface area contributed by atoms with Crippen molar-refractivity contribution < 1.29 is 0 Å². The number of hydrogen-bond donors (Lipinski definition) is 0. The first-order valence-corrected chi connectivity index (χ1v) is 19.5. The van der Waals surface area contributed by atoms with E-state index < -0.39 is 0 Å². The summed E-state index contributed by atoms with van der Waals surface area (Å²) in [6.07, 6.45) is 4.41. The van der Waals surface area contributed by atoms with Gasteiger partial charge in [0.2, 0.25) is 0 Å². The number of aromatic nitrogens is 2. The van der Waals surface area contributed by atoms with Gasteiger partial charge in [0.25, 0.3) is 0 Å². The molecule has 0 N–H and O–H groups in total. The Morgan fingerprint density at radius 1 is 0.321 bits per heavy atom. The zero-order valence-electron chi connectivity index (χ0n) is 32.2. The van der Waals surface area contributed by atoms with E-state index in [2.05, 4.69) is 219 Å². The third-order valence-corrected chi connectivity index (χ3v) is 11.6. The summed E-state index contributed by atoms with van der Waals surface area (Å²) >= 11 is 0. The topological polar surface area (TPSA) is 9.86 Å². The van der Waals surface area contributed by atoms with Crippen LogP contribution in [0.3, 0.4) is 0 Å². The largest absolute Gasteiger partial charge is 0.309 e. The van der Waals surface area contributed by atoms with Crippen molar-refractivity contribution in [2.75, 3.05) is 0 Å². The van der Waals surface area contributed by atoms with Crippen LogP contribution < -0.4 is 0 Å². The molecular formula is C54H42N2. The van der Waals surface area contributed by atoms with E-state index in [1.54, 1.807) is 0 Å². The first-order valence-electron chi connectivity index (χ1n) is 19.5. The fourth-order valence-corrected chi connectivity index (χ4v) is 8.81. The number of aryl methyl sites for hydroxylation is 4. The minimum absolute atomic E-state index is 1.18. The standard InChI is InChI=1S/C54H42N2/c1-35-33-53(55-49-17-9-5-13-43(49)44-14-6-10-18-50(44)55)37(3)31-47(35)41-27-23-39(24-28-41)21-22-40-25-29-42(30-26-40)48-32-38(4)54(34-36(48)2)56-51-19-11-7-15-45(51)46-16-8-12-20-52(46)56/h5-34H,1-4H3. The molecule has 2 heteroatoms. The highest BCUT2D eigenvalue weighted by atomic mass is 15.0. The molecule has 56 heavy (non-hydrogen) atoms. The van der Waals surface area contributed by atoms with Gasteiger partial charge in [-0.3, -0.25) is 0 Å². The first-order chi connectivity index (χ1) is 27.4. The molecule has 0 amide bonds. The summed E-state index contributed by atoms with van der Waals surface area (Å²) in [6, 6.07) is 62.2. The van der Waals surface area contributed by atoms with Crippen LogP contribution in [0, 0.1) is 27.7 Å². The second-order valence-corrected chi connectivity index (χ2v) is 15.2. The van der Waals surface area contributed by atoms with Crippen LogP contribution in [0.15, 0.2) is 170 Å². The molecule has 0 radical (unpaired) electrons. The van der Waals surface area contributed by atoms with Gasteiger partial charge in [-0.25, -0.2) is 0 Å². The van der Waals surface area contributed by atoms with Crippen LogP contribution in [0.25, 0.3) is 89.4 Å². The van der Waals surface area contributed by atoms with E-state index >= 15 is 0 Å². The van der Waals surface area contributed by atoms with Gasteiger partial charge in [0, 0.05) is 32.9 Å². The molecule has 10 rings (SSSR count). The lowest BCUT2D eigenvalue weighted by Crippen LogP contribution is -1.99. The maximum absolute atomic E-state index is 2.42. The molecule has 2 nitrogen and oxygen atoms in total. The lowest BCUT2D eigenvalue weighted by atomic mass is 9.95. The number of hydrogen-bond acceptors (Lipinski definition) is 0. The van der Waals surface area contributed by atoms with Gasteiger partial charge >= 0.3 is 0 Å². The van der Waals surface area contributed by atoms with Crippen molar-refractivity contribution in [2.24, 2.45) is 0 Å². The monoisotopic (exact) mass is 718 g/mol. The second-order valence-electron chi connectivity index (χ2n) is 15.2. The van der Waals surface area contributed by atoms with Gasteiger partial charge in [0.1, 0.15) is 0 Å². The van der Waals surface area contributed by atoms with Gasteiger partial charge in [0.15, 0.2) is 0 Å². The van der Waals surface area contributed by atoms with Gasteiger partial charge in [-0.1, -0.05) is 133 Å². The third-order valence-electron chi connectivity index (χ3n) is 11.6. The van der Waals surface area contributed by atoms with Crippen molar-refractivity contribution in [3.05, 3.63) is 203 Å². The zero-order valence-corrected chi connectivity index (χ0v) is 32.2. The maximum atomic E-state index is 2.42. The van der Waals surface area contributed by atoms with Crippen LogP contribution in [0.2, 0.25) is 0 Å². The van der Waals surface area contributed by atoms with Crippen LogP contribution in [0.1, 0.15) is 33.4 Å². The van der Waals surface area contributed by atoms with E-state index in [1.807, 2.05) is 0 Å². The second kappa shape index (κ2) is 13.4. The smallest absolute Gasteiger partial charge is 0.0541 e. The highest BCUT2D eigenvalue weighted by Crippen LogP contribution is 2.37. The van der Waals surface area contributed by atoms with Crippen LogP contribution >= 0.6 is 0 Å². The molecule has 8 aromatic carbocycles. The Morgan fingerprint density at radius 3 is 0.946 bits per heavy atom. The van der Waals surface area contributed by atoms with Gasteiger partial charge in [-0.05, 0) is 132 Å². The molecule has 2 aromatic heterocycles. The molecule has 0 saturated carbocycles. The molecular weight excluding hydrogens is 677 g/mol. The predicted molar refractivity (Wildman–Crippen MR) is 240 cm³/mol. The van der Waals surface area contributed by atoms with Crippen LogP contribution in [-0.4, -0.2) is 9.13 Å². The van der Waals surface area contributed by atoms with E-state index in [4.69, 9.17) is 0 Å². The van der Waals surface area contributed by atoms with Crippen molar-refractivity contribution in [2.45, 2.75) is 27.7 Å². The summed E-state index contributed by atoms with van der Waals surface area (Å²) in [5.74, 6) is 0. The molecule has 10 aromatic rings. The fraction of sp³-hybridized carbons (Fsp3) is 0.0741. The molecule has 0 aliphatic carbocycles. The molecule has 0 fully saturated rings. The third kappa shape index (κ3) is 5.57. The number of rotatable bonds is 6. The first kappa shape index (κ1) is 33.7. The average molecular weight is 719 g/mol. The number of para-hydroxylation sites is 4. The molecule has 0 spiro atoms. The molecule has 2 heterocycles. The van der Waals surface area contributed by atoms with Crippen molar-refractivity contribution >= 4 is 55.8 Å². The highest BCUT2D eigenvalue weighted by molar-refractivity contribution is 6.10. The average Bonchev–Trinajstić information content (AvgIpc) is 3.75. The van der Waals surface area contributed by atoms with Crippen LogP contribution in [0.4, 0.5) is 0 Å². The van der Waals surface area contributed by atoms with Gasteiger partial charge < -0.3 is 9.13 Å². The van der Waals surface area contributed by atoms with Gasteiger partial charge in [-0.2, -0.15) is 0 Å². The highest BCUT2D eigenvalue weighted by Gasteiger charge is 2.17. The van der Waals surface area contributed by atoms with E-state index in [-0.39, 0.29) is 0 Å². The molecule has 0 aliphatic rings. The summed E-state index contributed by atoms with van der Waals surface area (Å²) in [5, 5.41) is 5.15. The normalized spacial score (nSPS) is 11.9. The molecule has 268 valence electrons. The Morgan fingerprint density at radius 2 is 0.625 bits per heavy atom. The van der Waals surface area contributed by atoms with Gasteiger partial charge in [0.05, 0.1) is 22.1 Å².